The van der Waals surface area contributed by atoms with Crippen LogP contribution in [0.4, 0.5) is 4.79 Å². The lowest BCUT2D eigenvalue weighted by Gasteiger charge is -2.32. The van der Waals surface area contributed by atoms with Gasteiger partial charge in [0, 0.05) is 29.6 Å². The van der Waals surface area contributed by atoms with Crippen molar-refractivity contribution in [3.63, 3.8) is 0 Å². The van der Waals surface area contributed by atoms with E-state index in [1.807, 2.05) is 0 Å². The third-order valence-electron chi connectivity index (χ3n) is 3.88. The molecule has 1 unspecified atom stereocenters. The minimum atomic E-state index is -0.477. The lowest BCUT2D eigenvalue weighted by molar-refractivity contribution is -0.141. The maximum Gasteiger partial charge on any atom is 0.325 e. The van der Waals surface area contributed by atoms with Crippen LogP contribution in [0.15, 0.2) is 24.3 Å². The van der Waals surface area contributed by atoms with Gasteiger partial charge in [-0.3, -0.25) is 9.59 Å². The second-order valence-electron chi connectivity index (χ2n) is 5.62. The average molecular weight is 353 g/mol. The van der Waals surface area contributed by atoms with Crippen molar-refractivity contribution in [1.82, 2.24) is 10.2 Å². The van der Waals surface area contributed by atoms with E-state index in [0.717, 1.165) is 12.8 Å². The first-order valence-corrected chi connectivity index (χ1v) is 8.37. The van der Waals surface area contributed by atoms with E-state index in [1.165, 1.54) is 0 Å². The van der Waals surface area contributed by atoms with Crippen LogP contribution in [0.5, 0.6) is 0 Å². The van der Waals surface area contributed by atoms with Crippen molar-refractivity contribution < 1.29 is 19.1 Å². The normalized spacial score (nSPS) is 17.2. The van der Waals surface area contributed by atoms with Crippen LogP contribution in [-0.2, 0) is 9.53 Å². The molecule has 130 valence electrons. The zero-order valence-corrected chi connectivity index (χ0v) is 14.3. The van der Waals surface area contributed by atoms with Crippen LogP contribution in [0.3, 0.4) is 0 Å². The summed E-state index contributed by atoms with van der Waals surface area (Å²) in [6.07, 6.45) is 1.47. The van der Waals surface area contributed by atoms with Crippen LogP contribution in [0.1, 0.15) is 30.1 Å². The molecule has 2 amide bonds. The van der Waals surface area contributed by atoms with Crippen LogP contribution in [-0.4, -0.2) is 48.9 Å². The lowest BCUT2D eigenvalue weighted by Crippen LogP contribution is -2.48. The number of rotatable bonds is 5. The molecule has 0 saturated carbocycles. The molecule has 1 aromatic carbocycles. The van der Waals surface area contributed by atoms with Crippen LogP contribution < -0.4 is 5.32 Å². The standard InChI is InChI=1S/C17H21ClN2O4/c1-2-24-15(21)10-19-17(23)20-8-4-6-13(11-20)16(22)12-5-3-7-14(18)9-12/h3,5,7,9,13H,2,4,6,8,10-11H2,1H3,(H,19,23). The number of piperidine rings is 1. The highest BCUT2D eigenvalue weighted by Gasteiger charge is 2.29. The average Bonchev–Trinajstić information content (AvgIpc) is 2.59. The molecule has 24 heavy (non-hydrogen) atoms. The molecule has 1 aromatic rings. The molecule has 0 bridgehead atoms. The number of ether oxygens (including phenoxy) is 1. The van der Waals surface area contributed by atoms with E-state index in [1.54, 1.807) is 36.1 Å². The van der Waals surface area contributed by atoms with Gasteiger partial charge >= 0.3 is 12.0 Å². The number of ketones is 1. The second kappa shape index (κ2) is 8.68. The molecule has 0 aliphatic carbocycles. The fraction of sp³-hybridized carbons (Fsp3) is 0.471. The summed E-state index contributed by atoms with van der Waals surface area (Å²) in [5, 5.41) is 3.04. The van der Waals surface area contributed by atoms with Gasteiger partial charge in [0.2, 0.25) is 0 Å². The number of Topliss-reactive ketones (excluding diaryl/α,β-unsaturated/α-hetero) is 1. The van der Waals surface area contributed by atoms with Gasteiger partial charge in [0.25, 0.3) is 0 Å². The molecule has 1 N–H and O–H groups in total. The van der Waals surface area contributed by atoms with E-state index in [-0.39, 0.29) is 30.9 Å². The number of likely N-dealkylation sites (tertiary alicyclic amines) is 1. The van der Waals surface area contributed by atoms with Crippen molar-refractivity contribution in [3.05, 3.63) is 34.9 Å². The molecule has 6 nitrogen and oxygen atoms in total. The fourth-order valence-corrected chi connectivity index (χ4v) is 2.91. The Hall–Kier alpha value is -2.08. The molecule has 2 rings (SSSR count). The predicted octanol–water partition coefficient (Wildman–Crippen LogP) is 2.51. The fourth-order valence-electron chi connectivity index (χ4n) is 2.72. The molecule has 0 spiro atoms. The zero-order valence-electron chi connectivity index (χ0n) is 13.6. The summed E-state index contributed by atoms with van der Waals surface area (Å²) < 4.78 is 4.77. The van der Waals surface area contributed by atoms with Crippen molar-refractivity contribution in [2.75, 3.05) is 26.2 Å². The van der Waals surface area contributed by atoms with Gasteiger partial charge in [-0.25, -0.2) is 4.79 Å². The largest absolute Gasteiger partial charge is 0.465 e. The Bertz CT molecular complexity index is 620. The number of hydrogen-bond donors (Lipinski definition) is 1. The van der Waals surface area contributed by atoms with Gasteiger partial charge in [0.15, 0.2) is 5.78 Å². The number of nitrogens with zero attached hydrogens (tertiary/aromatic N) is 1. The predicted molar refractivity (Wildman–Crippen MR) is 90.1 cm³/mol. The molecule has 1 aliphatic rings. The van der Waals surface area contributed by atoms with Gasteiger partial charge in [-0.1, -0.05) is 23.7 Å². The van der Waals surface area contributed by atoms with Crippen molar-refractivity contribution in [3.8, 4) is 0 Å². The molecular weight excluding hydrogens is 332 g/mol. The number of carbonyl (C=O) groups is 3. The first-order chi connectivity index (χ1) is 11.5. The summed E-state index contributed by atoms with van der Waals surface area (Å²) in [7, 11) is 0. The van der Waals surface area contributed by atoms with Crippen molar-refractivity contribution in [2.45, 2.75) is 19.8 Å². The highest BCUT2D eigenvalue weighted by atomic mass is 35.5. The minimum Gasteiger partial charge on any atom is -0.465 e. The van der Waals surface area contributed by atoms with Crippen LogP contribution in [0, 0.1) is 5.92 Å². The van der Waals surface area contributed by atoms with Gasteiger partial charge in [0.1, 0.15) is 6.54 Å². The molecule has 1 saturated heterocycles. The van der Waals surface area contributed by atoms with Gasteiger partial charge in [-0.15, -0.1) is 0 Å². The Labute approximate surface area is 146 Å². The van der Waals surface area contributed by atoms with Crippen LogP contribution in [0.25, 0.3) is 0 Å². The molecule has 0 radical (unpaired) electrons. The van der Waals surface area contributed by atoms with Crippen molar-refractivity contribution in [2.24, 2.45) is 5.92 Å². The first-order valence-electron chi connectivity index (χ1n) is 7.99. The van der Waals surface area contributed by atoms with E-state index in [9.17, 15) is 14.4 Å². The summed E-state index contributed by atoms with van der Waals surface area (Å²) in [6.45, 7) is 2.70. The smallest absolute Gasteiger partial charge is 0.325 e. The topological polar surface area (TPSA) is 75.7 Å². The molecule has 7 heteroatoms. The maximum atomic E-state index is 12.6. The Balaban J connectivity index is 1.92. The van der Waals surface area contributed by atoms with Crippen molar-refractivity contribution in [1.29, 1.82) is 0 Å². The van der Waals surface area contributed by atoms with Gasteiger partial charge in [0.05, 0.1) is 6.61 Å². The lowest BCUT2D eigenvalue weighted by atomic mass is 9.90. The van der Waals surface area contributed by atoms with E-state index in [0.29, 0.717) is 23.7 Å². The summed E-state index contributed by atoms with van der Waals surface area (Å²) in [5.74, 6) is -0.750. The quantitative estimate of drug-likeness (QED) is 0.652. The second-order valence-corrected chi connectivity index (χ2v) is 6.06. The number of benzene rings is 1. The monoisotopic (exact) mass is 352 g/mol. The first kappa shape index (κ1) is 18.3. The third kappa shape index (κ3) is 4.96. The van der Waals surface area contributed by atoms with E-state index in [4.69, 9.17) is 16.3 Å². The van der Waals surface area contributed by atoms with E-state index in [2.05, 4.69) is 5.32 Å². The summed E-state index contributed by atoms with van der Waals surface area (Å²) in [5.41, 5.74) is 0.557. The van der Waals surface area contributed by atoms with E-state index >= 15 is 0 Å². The number of carbonyl (C=O) groups excluding carboxylic acids is 3. The Morgan fingerprint density at radius 1 is 1.38 bits per heavy atom. The molecule has 1 atom stereocenters. The van der Waals surface area contributed by atoms with Crippen molar-refractivity contribution >= 4 is 29.4 Å². The maximum absolute atomic E-state index is 12.6. The van der Waals surface area contributed by atoms with Gasteiger partial charge < -0.3 is 15.0 Å². The number of halogens is 1. The number of hydrogen-bond acceptors (Lipinski definition) is 4. The molecule has 1 fully saturated rings. The molecule has 1 aliphatic heterocycles. The summed E-state index contributed by atoms with van der Waals surface area (Å²) >= 11 is 5.93. The SMILES string of the molecule is CCOC(=O)CNC(=O)N1CCCC(C(=O)c2cccc(Cl)c2)C1. The Morgan fingerprint density at radius 3 is 2.88 bits per heavy atom. The summed E-state index contributed by atoms with van der Waals surface area (Å²) in [4.78, 5) is 37.6. The van der Waals surface area contributed by atoms with Gasteiger partial charge in [-0.2, -0.15) is 0 Å². The number of amides is 2. The Kier molecular flexibility index (Phi) is 6.61. The summed E-state index contributed by atoms with van der Waals surface area (Å²) in [6, 6.07) is 6.47. The van der Waals surface area contributed by atoms with Crippen LogP contribution in [0.2, 0.25) is 5.02 Å². The molecule has 0 aromatic heterocycles. The highest BCUT2D eigenvalue weighted by Crippen LogP contribution is 2.22. The number of urea groups is 1. The highest BCUT2D eigenvalue weighted by molar-refractivity contribution is 6.31. The molecule has 1 heterocycles. The number of nitrogens with one attached hydrogen (secondary N) is 1. The molecular formula is C17H21ClN2O4. The number of esters is 1. The van der Waals surface area contributed by atoms with E-state index < -0.39 is 5.97 Å². The third-order valence-corrected chi connectivity index (χ3v) is 4.11. The zero-order chi connectivity index (χ0) is 17.5. The Morgan fingerprint density at radius 2 is 2.17 bits per heavy atom. The minimum absolute atomic E-state index is 0.0135. The van der Waals surface area contributed by atoms with Crippen LogP contribution >= 0.6 is 11.6 Å². The van der Waals surface area contributed by atoms with Gasteiger partial charge in [-0.05, 0) is 31.9 Å².